The molecule has 4 heteroatoms. The third-order valence-electron chi connectivity index (χ3n) is 10.4. The summed E-state index contributed by atoms with van der Waals surface area (Å²) in [7, 11) is 0. The van der Waals surface area contributed by atoms with E-state index >= 15 is 0 Å². The van der Waals surface area contributed by atoms with Crippen LogP contribution in [0, 0.1) is 0 Å². The lowest BCUT2D eigenvalue weighted by molar-refractivity contribution is 1.18. The molecule has 11 rings (SSSR count). The number of thiophene rings is 1. The van der Waals surface area contributed by atoms with Crippen LogP contribution in [0.2, 0.25) is 0 Å². The van der Waals surface area contributed by atoms with Crippen LogP contribution in [0.1, 0.15) is 0 Å². The normalized spacial score (nSPS) is 11.8. The van der Waals surface area contributed by atoms with E-state index in [0.29, 0.717) is 0 Å². The molecule has 0 fully saturated rings. The fraction of sp³-hybridized carbons (Fsp3) is 0. The maximum absolute atomic E-state index is 5.37. The summed E-state index contributed by atoms with van der Waals surface area (Å²) >= 11 is 3.65. The average molecular weight is 711 g/mol. The molecule has 0 amide bonds. The minimum Gasteiger partial charge on any atom is -0.309 e. The molecule has 0 radical (unpaired) electrons. The van der Waals surface area contributed by atoms with E-state index in [1.165, 1.54) is 85.7 Å². The van der Waals surface area contributed by atoms with Gasteiger partial charge in [-0.1, -0.05) is 140 Å². The Morgan fingerprint density at radius 2 is 1.02 bits per heavy atom. The standard InChI is InChI=1S/C49H30N2S2/c1-3-12-31(13-4-1)34-14-11-15-36(28-34)41-30-45-47(46-40-19-8-10-21-44(40)52-48(41)46)50-49(53-45)33-24-22-32(23-25-33)35-26-27-39-38-18-7-9-20-42(38)51(43(39)29-35)37-16-5-2-6-17-37/h1-30H. The lowest BCUT2D eigenvalue weighted by Gasteiger charge is -2.09. The monoisotopic (exact) mass is 710 g/mol. The number of hydrogen-bond donors (Lipinski definition) is 0. The Bertz CT molecular complexity index is 3150. The van der Waals surface area contributed by atoms with Gasteiger partial charge in [0.1, 0.15) is 5.01 Å². The fourth-order valence-corrected chi connectivity index (χ4v) is 10.2. The summed E-state index contributed by atoms with van der Waals surface area (Å²) in [5, 5.41) is 6.10. The van der Waals surface area contributed by atoms with Crippen molar-refractivity contribution in [1.82, 2.24) is 9.55 Å². The molecule has 0 saturated carbocycles. The number of thiazole rings is 1. The molecule has 2 nitrogen and oxygen atoms in total. The predicted molar refractivity (Wildman–Crippen MR) is 229 cm³/mol. The van der Waals surface area contributed by atoms with Gasteiger partial charge in [-0.25, -0.2) is 4.98 Å². The Morgan fingerprint density at radius 3 is 1.87 bits per heavy atom. The zero-order valence-electron chi connectivity index (χ0n) is 28.5. The third-order valence-corrected chi connectivity index (χ3v) is 12.7. The minimum absolute atomic E-state index is 1.04. The average Bonchev–Trinajstić information content (AvgIpc) is 3.93. The van der Waals surface area contributed by atoms with Gasteiger partial charge in [-0.05, 0) is 70.3 Å². The molecule has 8 aromatic carbocycles. The summed E-state index contributed by atoms with van der Waals surface area (Å²) in [6.07, 6.45) is 0. The highest BCUT2D eigenvalue weighted by Gasteiger charge is 2.19. The van der Waals surface area contributed by atoms with Gasteiger partial charge in [0.15, 0.2) is 0 Å². The number of hydrogen-bond acceptors (Lipinski definition) is 3. The van der Waals surface area contributed by atoms with Crippen molar-refractivity contribution in [2.24, 2.45) is 0 Å². The molecule has 0 aliphatic rings. The molecule has 0 spiro atoms. The number of aromatic nitrogens is 2. The Kier molecular flexibility index (Phi) is 6.94. The van der Waals surface area contributed by atoms with Crippen LogP contribution in [0.5, 0.6) is 0 Å². The van der Waals surface area contributed by atoms with Crippen molar-refractivity contribution in [2.75, 3.05) is 0 Å². The highest BCUT2D eigenvalue weighted by Crippen LogP contribution is 2.47. The van der Waals surface area contributed by atoms with Gasteiger partial charge in [-0.2, -0.15) is 0 Å². The van der Waals surface area contributed by atoms with Crippen molar-refractivity contribution >= 4 is 74.9 Å². The molecule has 0 atom stereocenters. The van der Waals surface area contributed by atoms with E-state index in [1.807, 2.05) is 11.3 Å². The molecule has 53 heavy (non-hydrogen) atoms. The highest BCUT2D eigenvalue weighted by atomic mass is 32.1. The molecule has 3 aromatic heterocycles. The number of fused-ring (bicyclic) bond motifs is 8. The first-order valence-electron chi connectivity index (χ1n) is 17.9. The van der Waals surface area contributed by atoms with Gasteiger partial charge >= 0.3 is 0 Å². The smallest absolute Gasteiger partial charge is 0.124 e. The second-order valence-electron chi connectivity index (χ2n) is 13.5. The van der Waals surface area contributed by atoms with E-state index in [4.69, 9.17) is 4.98 Å². The summed E-state index contributed by atoms with van der Waals surface area (Å²) < 4.78 is 6.17. The second-order valence-corrected chi connectivity index (χ2v) is 15.6. The summed E-state index contributed by atoms with van der Waals surface area (Å²) in [6, 6.07) is 65.9. The quantitative estimate of drug-likeness (QED) is 0.174. The van der Waals surface area contributed by atoms with Crippen LogP contribution in [0.25, 0.3) is 102 Å². The van der Waals surface area contributed by atoms with Crippen molar-refractivity contribution in [3.05, 3.63) is 182 Å². The van der Waals surface area contributed by atoms with Gasteiger partial charge in [0.2, 0.25) is 0 Å². The highest BCUT2D eigenvalue weighted by molar-refractivity contribution is 7.27. The van der Waals surface area contributed by atoms with Crippen LogP contribution in [0.15, 0.2) is 182 Å². The lowest BCUT2D eigenvalue weighted by atomic mass is 9.97. The predicted octanol–water partition coefficient (Wildman–Crippen LogP) is 14.4. The zero-order valence-corrected chi connectivity index (χ0v) is 30.2. The second kappa shape index (κ2) is 12.1. The van der Waals surface area contributed by atoms with Crippen molar-refractivity contribution < 1.29 is 0 Å². The van der Waals surface area contributed by atoms with Crippen LogP contribution in [-0.2, 0) is 0 Å². The van der Waals surface area contributed by atoms with Crippen molar-refractivity contribution in [1.29, 1.82) is 0 Å². The van der Waals surface area contributed by atoms with E-state index in [2.05, 4.69) is 187 Å². The maximum atomic E-state index is 5.37. The molecule has 0 saturated heterocycles. The Morgan fingerprint density at radius 1 is 0.396 bits per heavy atom. The molecule has 11 aromatic rings. The van der Waals surface area contributed by atoms with Crippen molar-refractivity contribution in [3.8, 4) is 49.6 Å². The minimum atomic E-state index is 1.04. The zero-order chi connectivity index (χ0) is 34.9. The van der Waals surface area contributed by atoms with Gasteiger partial charge < -0.3 is 4.57 Å². The Balaban J connectivity index is 1.02. The molecular formula is C49H30N2S2. The third kappa shape index (κ3) is 4.95. The molecule has 3 heterocycles. The van der Waals surface area contributed by atoms with Gasteiger partial charge in [0.05, 0.1) is 21.3 Å². The Labute approximate surface area is 314 Å². The topological polar surface area (TPSA) is 17.8 Å². The SMILES string of the molecule is c1ccc(-c2cccc(-c3cc4sc(-c5ccc(-c6ccc7c8ccccc8n(-c8ccccc8)c7c6)cc5)nc4c4c3sc3ccccc34)c2)cc1. The number of para-hydroxylation sites is 2. The summed E-state index contributed by atoms with van der Waals surface area (Å²) in [5.74, 6) is 0. The van der Waals surface area contributed by atoms with Crippen molar-refractivity contribution in [2.45, 2.75) is 0 Å². The maximum Gasteiger partial charge on any atom is 0.124 e. The molecule has 0 unspecified atom stereocenters. The molecule has 248 valence electrons. The van der Waals surface area contributed by atoms with E-state index in [0.717, 1.165) is 16.1 Å². The van der Waals surface area contributed by atoms with Crippen LogP contribution < -0.4 is 0 Å². The first-order valence-corrected chi connectivity index (χ1v) is 19.5. The summed E-state index contributed by atoms with van der Waals surface area (Å²) in [4.78, 5) is 5.37. The molecular weight excluding hydrogens is 681 g/mol. The largest absolute Gasteiger partial charge is 0.309 e. The van der Waals surface area contributed by atoms with Crippen LogP contribution in [0.3, 0.4) is 0 Å². The Hall–Kier alpha value is -6.33. The van der Waals surface area contributed by atoms with E-state index < -0.39 is 0 Å². The first-order chi connectivity index (χ1) is 26.3. The van der Waals surface area contributed by atoms with E-state index in [-0.39, 0.29) is 0 Å². The molecule has 0 aliphatic carbocycles. The number of benzene rings is 8. The number of nitrogens with zero attached hydrogens (tertiary/aromatic N) is 2. The van der Waals surface area contributed by atoms with E-state index in [9.17, 15) is 0 Å². The van der Waals surface area contributed by atoms with Gasteiger partial charge in [-0.3, -0.25) is 0 Å². The van der Waals surface area contributed by atoms with Gasteiger partial charge in [0, 0.05) is 47.8 Å². The molecule has 0 N–H and O–H groups in total. The van der Waals surface area contributed by atoms with Crippen LogP contribution in [-0.4, -0.2) is 9.55 Å². The first kappa shape index (κ1) is 30.3. The van der Waals surface area contributed by atoms with Gasteiger partial charge in [0.25, 0.3) is 0 Å². The summed E-state index contributed by atoms with van der Waals surface area (Å²) in [5.41, 5.74) is 13.1. The lowest BCUT2D eigenvalue weighted by Crippen LogP contribution is -1.93. The molecule has 0 bridgehead atoms. The van der Waals surface area contributed by atoms with Crippen LogP contribution >= 0.6 is 22.7 Å². The van der Waals surface area contributed by atoms with E-state index in [1.54, 1.807) is 11.3 Å². The fourth-order valence-electron chi connectivity index (χ4n) is 7.92. The molecule has 0 aliphatic heterocycles. The van der Waals surface area contributed by atoms with Crippen molar-refractivity contribution in [3.63, 3.8) is 0 Å². The summed E-state index contributed by atoms with van der Waals surface area (Å²) in [6.45, 7) is 0. The van der Waals surface area contributed by atoms with Gasteiger partial charge in [-0.15, -0.1) is 22.7 Å². The number of rotatable bonds is 5. The van der Waals surface area contributed by atoms with Crippen LogP contribution in [0.4, 0.5) is 0 Å².